The number of carbonyl (C=O) groups is 1. The summed E-state index contributed by atoms with van der Waals surface area (Å²) in [5.74, 6) is 0.619. The third kappa shape index (κ3) is 3.12. The van der Waals surface area contributed by atoms with Gasteiger partial charge in [0.15, 0.2) is 0 Å². The first-order chi connectivity index (χ1) is 10.7. The molecule has 0 fully saturated rings. The Morgan fingerprint density at radius 3 is 3.09 bits per heavy atom. The van der Waals surface area contributed by atoms with E-state index in [1.165, 1.54) is 0 Å². The fourth-order valence-electron chi connectivity index (χ4n) is 2.59. The Labute approximate surface area is 130 Å². The van der Waals surface area contributed by atoms with Crippen LogP contribution in [-0.4, -0.2) is 45.8 Å². The fourth-order valence-corrected chi connectivity index (χ4v) is 3.12. The largest absolute Gasteiger partial charge is 0.771 e. The highest BCUT2D eigenvalue weighted by Crippen LogP contribution is 2.33. The molecule has 0 amide bonds. The molecule has 0 radical (unpaired) electrons. The van der Waals surface area contributed by atoms with Crippen molar-refractivity contribution in [3.05, 3.63) is 23.8 Å². The molecule has 2 atom stereocenters. The molecule has 1 N–H and O–H groups in total. The summed E-state index contributed by atoms with van der Waals surface area (Å²) in [6.45, 7) is 0.995. The molecule has 1 aromatic rings. The number of hydrogen-bond acceptors (Lipinski definition) is 7. The predicted octanol–water partition coefficient (Wildman–Crippen LogP) is 0.377. The maximum absolute atomic E-state index is 11.0. The third-order valence-corrected chi connectivity index (χ3v) is 4.26. The molecule has 0 spiro atoms. The summed E-state index contributed by atoms with van der Waals surface area (Å²) in [5, 5.41) is 4.24. The van der Waals surface area contributed by atoms with Gasteiger partial charge in [0, 0.05) is 5.56 Å². The normalized spacial score (nSPS) is 22.0. The van der Waals surface area contributed by atoms with Crippen LogP contribution in [-0.2, 0) is 15.9 Å². The van der Waals surface area contributed by atoms with Gasteiger partial charge in [-0.05, 0) is 42.1 Å². The zero-order valence-corrected chi connectivity index (χ0v) is 12.7. The van der Waals surface area contributed by atoms with Gasteiger partial charge < -0.3 is 19.0 Å². The minimum atomic E-state index is -2.15. The van der Waals surface area contributed by atoms with Crippen LogP contribution < -0.4 is 15.1 Å². The molecule has 22 heavy (non-hydrogen) atoms. The lowest BCUT2D eigenvalue weighted by atomic mass is 10.0. The molecule has 3 rings (SSSR count). The van der Waals surface area contributed by atoms with Gasteiger partial charge in [0.2, 0.25) is 0 Å². The van der Waals surface area contributed by atoms with E-state index in [2.05, 4.69) is 10.5 Å². The van der Waals surface area contributed by atoms with Gasteiger partial charge in [-0.1, -0.05) is 0 Å². The summed E-state index contributed by atoms with van der Waals surface area (Å²) >= 11 is -2.15. The number of aldehydes is 1. The first-order valence-corrected chi connectivity index (χ1v) is 8.27. The Kier molecular flexibility index (Phi) is 4.39. The van der Waals surface area contributed by atoms with Gasteiger partial charge in [0.1, 0.15) is 18.6 Å². The average Bonchev–Trinajstić information content (AvgIpc) is 2.54. The molecule has 8 heteroatoms. The lowest BCUT2D eigenvalue weighted by Crippen LogP contribution is -2.35. The number of nitrogens with one attached hydrogen (secondary N) is 1. The Hall–Kier alpha value is -1.93. The van der Waals surface area contributed by atoms with E-state index >= 15 is 0 Å². The van der Waals surface area contributed by atoms with E-state index in [1.54, 1.807) is 4.90 Å². The Balaban J connectivity index is 1.87. The maximum atomic E-state index is 11.0. The highest BCUT2D eigenvalue weighted by atomic mass is 32.2. The summed E-state index contributed by atoms with van der Waals surface area (Å²) in [6.07, 6.45) is 2.25. The molecule has 0 saturated carbocycles. The first-order valence-electron chi connectivity index (χ1n) is 7.03. The lowest BCUT2D eigenvalue weighted by molar-refractivity contribution is -0.109. The molecule has 0 aliphatic carbocycles. The Morgan fingerprint density at radius 1 is 1.55 bits per heavy atom. The monoisotopic (exact) mass is 322 g/mol. The average molecular weight is 322 g/mol. The van der Waals surface area contributed by atoms with Crippen molar-refractivity contribution < 1.29 is 18.3 Å². The summed E-state index contributed by atoms with van der Waals surface area (Å²) in [4.78, 5) is 12.5. The third-order valence-electron chi connectivity index (χ3n) is 3.73. The summed E-state index contributed by atoms with van der Waals surface area (Å²) in [7, 11) is 0. The number of carbonyl (C=O) groups excluding carboxylic acids is 1. The van der Waals surface area contributed by atoms with E-state index in [4.69, 9.17) is 4.74 Å². The second-order valence-electron chi connectivity index (χ2n) is 5.20. The molecule has 0 saturated heterocycles. The van der Waals surface area contributed by atoms with Crippen LogP contribution in [0.25, 0.3) is 0 Å². The van der Waals surface area contributed by atoms with E-state index in [9.17, 15) is 13.6 Å². The van der Waals surface area contributed by atoms with E-state index in [0.717, 1.165) is 23.2 Å². The number of ether oxygens (including phenoxy) is 1. The summed E-state index contributed by atoms with van der Waals surface area (Å²) in [5.41, 5.74) is 5.34. The van der Waals surface area contributed by atoms with E-state index in [1.807, 2.05) is 18.2 Å². The number of hydrazone groups is 1. The zero-order valence-electron chi connectivity index (χ0n) is 11.9. The van der Waals surface area contributed by atoms with Crippen molar-refractivity contribution in [1.82, 2.24) is 5.43 Å². The van der Waals surface area contributed by atoms with Gasteiger partial charge in [-0.2, -0.15) is 5.10 Å². The molecule has 7 nitrogen and oxygen atoms in total. The fraction of sp³-hybridized carbons (Fsp3) is 0.429. The van der Waals surface area contributed by atoms with Crippen LogP contribution >= 0.6 is 0 Å². The van der Waals surface area contributed by atoms with Gasteiger partial charge in [-0.3, -0.25) is 9.63 Å². The molecular formula is C14H16N3O4S-. The van der Waals surface area contributed by atoms with Crippen molar-refractivity contribution in [2.24, 2.45) is 5.10 Å². The first kappa shape index (κ1) is 15.0. The molecule has 2 heterocycles. The quantitative estimate of drug-likeness (QED) is 0.636. The predicted molar refractivity (Wildman–Crippen MR) is 81.8 cm³/mol. The molecule has 2 aliphatic heterocycles. The molecular weight excluding hydrogens is 306 g/mol. The number of rotatable bonds is 4. The van der Waals surface area contributed by atoms with E-state index in [0.29, 0.717) is 31.7 Å². The van der Waals surface area contributed by atoms with Gasteiger partial charge in [0.25, 0.3) is 0 Å². The smallest absolute Gasteiger partial charge is 0.143 e. The highest BCUT2D eigenvalue weighted by molar-refractivity contribution is 7.79. The van der Waals surface area contributed by atoms with Gasteiger partial charge >= 0.3 is 0 Å². The second-order valence-corrected chi connectivity index (χ2v) is 6.06. The number of anilines is 1. The highest BCUT2D eigenvalue weighted by Gasteiger charge is 2.21. The van der Waals surface area contributed by atoms with Crippen LogP contribution in [0.1, 0.15) is 18.4 Å². The van der Waals surface area contributed by atoms with Crippen LogP contribution in [0.3, 0.4) is 0 Å². The molecule has 0 bridgehead atoms. The number of hydrogen-bond donors (Lipinski definition) is 1. The second kappa shape index (κ2) is 6.45. The van der Waals surface area contributed by atoms with Crippen molar-refractivity contribution in [3.63, 3.8) is 0 Å². The minimum Gasteiger partial charge on any atom is -0.771 e. The topological polar surface area (TPSA) is 94.1 Å². The SMILES string of the molecule is O=CC1CCC(c2ccc3c(c2)N(CS(=O)[O-])CCO3)=NN1. The maximum Gasteiger partial charge on any atom is 0.143 e. The number of fused-ring (bicyclic) bond motifs is 1. The van der Waals surface area contributed by atoms with E-state index in [-0.39, 0.29) is 11.9 Å². The Morgan fingerprint density at radius 2 is 2.41 bits per heavy atom. The van der Waals surface area contributed by atoms with Crippen LogP contribution in [0.4, 0.5) is 5.69 Å². The molecule has 1 aromatic carbocycles. The van der Waals surface area contributed by atoms with Crippen LogP contribution in [0.5, 0.6) is 5.75 Å². The zero-order chi connectivity index (χ0) is 15.5. The van der Waals surface area contributed by atoms with Crippen molar-refractivity contribution in [2.75, 3.05) is 23.9 Å². The van der Waals surface area contributed by atoms with Gasteiger partial charge in [-0.15, -0.1) is 0 Å². The molecule has 2 unspecified atom stereocenters. The van der Waals surface area contributed by atoms with Gasteiger partial charge in [0.05, 0.1) is 29.9 Å². The number of nitrogens with zero attached hydrogens (tertiary/aromatic N) is 2. The Bertz CT molecular complexity index is 635. The van der Waals surface area contributed by atoms with Crippen LogP contribution in [0.15, 0.2) is 23.3 Å². The van der Waals surface area contributed by atoms with Gasteiger partial charge in [-0.25, -0.2) is 0 Å². The molecule has 0 aromatic heterocycles. The van der Waals surface area contributed by atoms with Crippen molar-refractivity contribution >= 4 is 28.8 Å². The van der Waals surface area contributed by atoms with Crippen molar-refractivity contribution in [2.45, 2.75) is 18.9 Å². The van der Waals surface area contributed by atoms with Crippen LogP contribution in [0, 0.1) is 0 Å². The van der Waals surface area contributed by atoms with Crippen LogP contribution in [0.2, 0.25) is 0 Å². The minimum absolute atomic E-state index is 0.0578. The van der Waals surface area contributed by atoms with Crippen molar-refractivity contribution in [3.8, 4) is 5.75 Å². The standard InChI is InChI=1S/C14H17N3O4S/c18-8-11-2-3-12(16-15-11)10-1-4-14-13(7-10)17(5-6-21-14)9-22(19)20/h1,4,7-8,11,15H,2-3,5-6,9H2,(H,19,20)/p-1. The summed E-state index contributed by atoms with van der Waals surface area (Å²) in [6, 6.07) is 5.39. The number of benzene rings is 1. The molecule has 118 valence electrons. The summed E-state index contributed by atoms with van der Waals surface area (Å²) < 4.78 is 27.5. The van der Waals surface area contributed by atoms with E-state index < -0.39 is 11.1 Å². The van der Waals surface area contributed by atoms with Crippen molar-refractivity contribution in [1.29, 1.82) is 0 Å². The lowest BCUT2D eigenvalue weighted by Gasteiger charge is -2.32. The molecule has 2 aliphatic rings.